The number of methoxy groups -OCH3 is 1. The number of aromatic hydroxyl groups is 1. The molecule has 0 radical (unpaired) electrons. The number of hydrogen-bond acceptors (Lipinski definition) is 6. The molecule has 0 atom stereocenters. The Hall–Kier alpha value is -4.90. The minimum absolute atomic E-state index is 0.105. The molecular weight excluding hydrogens is 791 g/mol. The standard InChI is InChI=1S/C45H43IO6Si/c1-45(2,3)53(39-21-13-7-14-22-39,40-23-15-8-16-24-40)51-31-36-28-37(50-30-32-17-9-5-10-18-32)27-35(43(36)49-4)25-34-26-38(29-41(46)42(34)47)52-44(48)33-19-11-6-12-20-33/h5-24,26-29,47H,25,30-31H2,1-4H3. The van der Waals surface area contributed by atoms with Crippen molar-refractivity contribution in [1.29, 1.82) is 0 Å². The van der Waals surface area contributed by atoms with Gasteiger partial charge in [-0.25, -0.2) is 4.79 Å². The van der Waals surface area contributed by atoms with E-state index in [2.05, 4.69) is 91.9 Å². The van der Waals surface area contributed by atoms with Crippen molar-refractivity contribution in [3.8, 4) is 23.0 Å². The number of phenolic OH excluding ortho intramolecular Hbond substituents is 1. The Bertz CT molecular complexity index is 2100. The van der Waals surface area contributed by atoms with Crippen LogP contribution in [0.25, 0.3) is 0 Å². The average Bonchev–Trinajstić information content (AvgIpc) is 3.17. The van der Waals surface area contributed by atoms with E-state index in [1.54, 1.807) is 43.5 Å². The summed E-state index contributed by atoms with van der Waals surface area (Å²) >= 11 is 2.06. The van der Waals surface area contributed by atoms with Gasteiger partial charge in [-0.2, -0.15) is 0 Å². The van der Waals surface area contributed by atoms with Gasteiger partial charge in [0.15, 0.2) is 0 Å². The smallest absolute Gasteiger partial charge is 0.343 e. The van der Waals surface area contributed by atoms with Gasteiger partial charge in [-0.05, 0) is 80.0 Å². The van der Waals surface area contributed by atoms with Crippen LogP contribution in [0.15, 0.2) is 146 Å². The summed E-state index contributed by atoms with van der Waals surface area (Å²) < 4.78 is 26.3. The molecule has 0 fully saturated rings. The minimum atomic E-state index is -2.90. The van der Waals surface area contributed by atoms with E-state index in [4.69, 9.17) is 18.6 Å². The predicted octanol–water partition coefficient (Wildman–Crippen LogP) is 9.47. The van der Waals surface area contributed by atoms with Crippen LogP contribution in [-0.2, 0) is 24.1 Å². The van der Waals surface area contributed by atoms with Crippen LogP contribution < -0.4 is 24.6 Å². The number of esters is 1. The maximum atomic E-state index is 13.0. The van der Waals surface area contributed by atoms with Crippen LogP contribution in [0.5, 0.6) is 23.0 Å². The number of ether oxygens (including phenoxy) is 3. The largest absolute Gasteiger partial charge is 0.507 e. The van der Waals surface area contributed by atoms with E-state index in [0.717, 1.165) is 16.7 Å². The van der Waals surface area contributed by atoms with Crippen LogP contribution in [0, 0.1) is 3.57 Å². The van der Waals surface area contributed by atoms with Gasteiger partial charge in [0.05, 0.1) is 22.9 Å². The molecule has 8 heteroatoms. The summed E-state index contributed by atoms with van der Waals surface area (Å²) in [7, 11) is -1.25. The second kappa shape index (κ2) is 16.8. The molecule has 0 spiro atoms. The first-order valence-corrected chi connectivity index (χ1v) is 20.5. The summed E-state index contributed by atoms with van der Waals surface area (Å²) in [6.07, 6.45) is 0.274. The van der Waals surface area contributed by atoms with E-state index >= 15 is 0 Å². The number of halogens is 1. The summed E-state index contributed by atoms with van der Waals surface area (Å²) in [6.45, 7) is 7.38. The lowest BCUT2D eigenvalue weighted by molar-refractivity contribution is 0.0734. The predicted molar refractivity (Wildman–Crippen MR) is 221 cm³/mol. The fraction of sp³-hybridized carbons (Fsp3) is 0.178. The van der Waals surface area contributed by atoms with Gasteiger partial charge < -0.3 is 23.7 Å². The van der Waals surface area contributed by atoms with Crippen molar-refractivity contribution in [2.75, 3.05) is 7.11 Å². The normalized spacial score (nSPS) is 11.6. The molecule has 6 nitrogen and oxygen atoms in total. The van der Waals surface area contributed by atoms with Crippen LogP contribution in [0.4, 0.5) is 0 Å². The molecule has 0 saturated heterocycles. The quantitative estimate of drug-likeness (QED) is 0.0541. The number of phenols is 1. The van der Waals surface area contributed by atoms with Gasteiger partial charge in [0.25, 0.3) is 8.32 Å². The van der Waals surface area contributed by atoms with Crippen molar-refractivity contribution in [3.63, 3.8) is 0 Å². The Labute approximate surface area is 326 Å². The van der Waals surface area contributed by atoms with Crippen molar-refractivity contribution in [2.24, 2.45) is 0 Å². The highest BCUT2D eigenvalue weighted by molar-refractivity contribution is 14.1. The van der Waals surface area contributed by atoms with Crippen molar-refractivity contribution >= 4 is 47.3 Å². The molecule has 0 aliphatic rings. The maximum Gasteiger partial charge on any atom is 0.343 e. The van der Waals surface area contributed by atoms with Crippen LogP contribution in [-0.4, -0.2) is 26.5 Å². The molecule has 53 heavy (non-hydrogen) atoms. The van der Waals surface area contributed by atoms with E-state index in [-0.39, 0.29) is 23.8 Å². The molecule has 0 saturated carbocycles. The van der Waals surface area contributed by atoms with E-state index in [9.17, 15) is 9.90 Å². The lowest BCUT2D eigenvalue weighted by Gasteiger charge is -2.43. The first-order chi connectivity index (χ1) is 25.6. The van der Waals surface area contributed by atoms with Crippen LogP contribution in [0.3, 0.4) is 0 Å². The summed E-state index contributed by atoms with van der Waals surface area (Å²) in [5, 5.41) is 13.4. The Morgan fingerprint density at radius 1 is 0.679 bits per heavy atom. The SMILES string of the molecule is COc1c(CO[Si](c2ccccc2)(c2ccccc2)C(C)(C)C)cc(OCc2ccccc2)cc1Cc1cc(OC(=O)c2ccccc2)cc(I)c1O. The molecule has 0 aliphatic heterocycles. The van der Waals surface area contributed by atoms with Crippen LogP contribution in [0.1, 0.15) is 53.4 Å². The van der Waals surface area contributed by atoms with Crippen molar-refractivity contribution in [2.45, 2.75) is 45.4 Å². The molecule has 0 aromatic heterocycles. The molecular formula is C45H43IO6Si. The lowest BCUT2D eigenvalue weighted by atomic mass is 9.99. The Balaban J connectivity index is 1.41. The molecule has 6 aromatic rings. The Kier molecular flexibility index (Phi) is 12.0. The second-order valence-corrected chi connectivity index (χ2v) is 19.3. The summed E-state index contributed by atoms with van der Waals surface area (Å²) in [4.78, 5) is 13.0. The number of carbonyl (C=O) groups excluding carboxylic acids is 1. The Morgan fingerprint density at radius 2 is 1.21 bits per heavy atom. The number of carbonyl (C=O) groups is 1. The van der Waals surface area contributed by atoms with Gasteiger partial charge >= 0.3 is 5.97 Å². The molecule has 6 rings (SSSR count). The molecule has 0 amide bonds. The highest BCUT2D eigenvalue weighted by Gasteiger charge is 2.50. The first kappa shape index (κ1) is 37.8. The van der Waals surface area contributed by atoms with Gasteiger partial charge in [0.1, 0.15) is 29.6 Å². The summed E-state index contributed by atoms with van der Waals surface area (Å²) in [6, 6.07) is 47.2. The lowest BCUT2D eigenvalue weighted by Crippen LogP contribution is -2.66. The van der Waals surface area contributed by atoms with Gasteiger partial charge in [0.2, 0.25) is 0 Å². The maximum absolute atomic E-state index is 13.0. The monoisotopic (exact) mass is 834 g/mol. The molecule has 6 aromatic carbocycles. The molecule has 0 bridgehead atoms. The van der Waals surface area contributed by atoms with Gasteiger partial charge in [-0.3, -0.25) is 0 Å². The summed E-state index contributed by atoms with van der Waals surface area (Å²) in [5.74, 6) is 1.24. The zero-order valence-corrected chi connectivity index (χ0v) is 33.5. The zero-order valence-electron chi connectivity index (χ0n) is 30.3. The second-order valence-electron chi connectivity index (χ2n) is 13.8. The number of rotatable bonds is 13. The van der Waals surface area contributed by atoms with Crippen molar-refractivity contribution in [1.82, 2.24) is 0 Å². The highest BCUT2D eigenvalue weighted by Crippen LogP contribution is 2.40. The first-order valence-electron chi connectivity index (χ1n) is 17.5. The van der Waals surface area contributed by atoms with E-state index in [0.29, 0.717) is 38.6 Å². The Morgan fingerprint density at radius 3 is 1.77 bits per heavy atom. The van der Waals surface area contributed by atoms with E-state index < -0.39 is 14.3 Å². The molecule has 1 N–H and O–H groups in total. The third-order valence-corrected chi connectivity index (χ3v) is 15.1. The van der Waals surface area contributed by atoms with Crippen LogP contribution >= 0.6 is 22.6 Å². The average molecular weight is 835 g/mol. The fourth-order valence-electron chi connectivity index (χ4n) is 6.76. The number of benzene rings is 6. The highest BCUT2D eigenvalue weighted by atomic mass is 127. The summed E-state index contributed by atoms with van der Waals surface area (Å²) in [5.41, 5.74) is 3.66. The van der Waals surface area contributed by atoms with E-state index in [1.165, 1.54) is 10.4 Å². The van der Waals surface area contributed by atoms with Crippen molar-refractivity contribution < 1.29 is 28.5 Å². The number of hydrogen-bond donors (Lipinski definition) is 1. The van der Waals surface area contributed by atoms with Gasteiger partial charge in [-0.15, -0.1) is 0 Å². The van der Waals surface area contributed by atoms with Gasteiger partial charge in [-0.1, -0.05) is 130 Å². The van der Waals surface area contributed by atoms with E-state index in [1.807, 2.05) is 60.7 Å². The molecule has 270 valence electrons. The molecule has 0 aliphatic carbocycles. The van der Waals surface area contributed by atoms with Crippen LogP contribution in [0.2, 0.25) is 5.04 Å². The minimum Gasteiger partial charge on any atom is -0.507 e. The third kappa shape index (κ3) is 8.67. The molecule has 0 heterocycles. The third-order valence-electron chi connectivity index (χ3n) is 9.25. The fourth-order valence-corrected chi connectivity index (χ4v) is 11.9. The van der Waals surface area contributed by atoms with Crippen molar-refractivity contribution in [3.05, 3.63) is 177 Å². The van der Waals surface area contributed by atoms with Gasteiger partial charge in [0, 0.05) is 23.1 Å². The topological polar surface area (TPSA) is 74.2 Å². The zero-order chi connectivity index (χ0) is 37.4. The molecule has 0 unspecified atom stereocenters.